The first kappa shape index (κ1) is 13.8. The number of rotatable bonds is 8. The van der Waals surface area contributed by atoms with E-state index in [0.29, 0.717) is 6.04 Å². The van der Waals surface area contributed by atoms with E-state index in [9.17, 15) is 5.11 Å². The summed E-state index contributed by atoms with van der Waals surface area (Å²) < 4.78 is 1.82. The molecule has 1 heterocycles. The number of tetrazole rings is 1. The molecule has 0 aromatic carbocycles. The molecule has 0 unspecified atom stereocenters. The van der Waals surface area contributed by atoms with Crippen LogP contribution in [0.2, 0.25) is 0 Å². The van der Waals surface area contributed by atoms with Gasteiger partial charge in [-0.15, -0.1) is 5.10 Å². The van der Waals surface area contributed by atoms with Gasteiger partial charge in [-0.2, -0.15) is 0 Å². The van der Waals surface area contributed by atoms with E-state index >= 15 is 0 Å². The molecule has 2 rings (SSSR count). The first-order chi connectivity index (χ1) is 8.54. The Morgan fingerprint density at radius 2 is 2.28 bits per heavy atom. The maximum atomic E-state index is 9.64. The van der Waals surface area contributed by atoms with Gasteiger partial charge in [0.1, 0.15) is 0 Å². The van der Waals surface area contributed by atoms with Crippen LogP contribution in [0.1, 0.15) is 33.1 Å². The standard InChI is InChI=1S/C11H21N5OS/c1-11(2,17)5-8-18-10-13-14-15-16(10)7-6-12-9-3-4-9/h9,12,17H,3-8H2,1-2H3. The van der Waals surface area contributed by atoms with Crippen LogP contribution in [0.3, 0.4) is 0 Å². The van der Waals surface area contributed by atoms with Crippen molar-refractivity contribution in [1.82, 2.24) is 25.5 Å². The number of hydrogen-bond donors (Lipinski definition) is 2. The average molecular weight is 271 g/mol. The lowest BCUT2D eigenvalue weighted by Gasteiger charge is -2.15. The summed E-state index contributed by atoms with van der Waals surface area (Å²) >= 11 is 1.59. The number of aliphatic hydroxyl groups is 1. The molecule has 0 radical (unpaired) electrons. The lowest BCUT2D eigenvalue weighted by Crippen LogP contribution is -2.23. The second kappa shape index (κ2) is 5.99. The molecule has 0 atom stereocenters. The molecule has 1 aliphatic carbocycles. The summed E-state index contributed by atoms with van der Waals surface area (Å²) in [5.41, 5.74) is -0.626. The smallest absolute Gasteiger partial charge is 0.209 e. The third-order valence-corrected chi connectivity index (χ3v) is 3.74. The molecule has 0 aliphatic heterocycles. The predicted molar refractivity (Wildman–Crippen MR) is 70.5 cm³/mol. The number of thioether (sulfide) groups is 1. The maximum absolute atomic E-state index is 9.64. The Labute approximate surface area is 112 Å². The van der Waals surface area contributed by atoms with Crippen LogP contribution >= 0.6 is 11.8 Å². The number of nitrogens with zero attached hydrogens (tertiary/aromatic N) is 4. The molecule has 102 valence electrons. The van der Waals surface area contributed by atoms with Gasteiger partial charge in [0.2, 0.25) is 5.16 Å². The van der Waals surface area contributed by atoms with Gasteiger partial charge < -0.3 is 10.4 Å². The predicted octanol–water partition coefficient (Wildman–Crippen LogP) is 0.678. The van der Waals surface area contributed by atoms with Crippen molar-refractivity contribution in [1.29, 1.82) is 0 Å². The zero-order valence-electron chi connectivity index (χ0n) is 11.0. The minimum atomic E-state index is -0.626. The maximum Gasteiger partial charge on any atom is 0.209 e. The van der Waals surface area contributed by atoms with E-state index in [0.717, 1.165) is 30.4 Å². The minimum Gasteiger partial charge on any atom is -0.390 e. The quantitative estimate of drug-likeness (QED) is 0.677. The Morgan fingerprint density at radius 1 is 1.50 bits per heavy atom. The van der Waals surface area contributed by atoms with Crippen LogP contribution < -0.4 is 5.32 Å². The molecule has 6 nitrogen and oxygen atoms in total. The van der Waals surface area contributed by atoms with Gasteiger partial charge in [0, 0.05) is 18.3 Å². The lowest BCUT2D eigenvalue weighted by atomic mass is 10.1. The van der Waals surface area contributed by atoms with Crippen LogP contribution in [0.25, 0.3) is 0 Å². The van der Waals surface area contributed by atoms with E-state index in [2.05, 4.69) is 20.8 Å². The lowest BCUT2D eigenvalue weighted by molar-refractivity contribution is 0.0777. The summed E-state index contributed by atoms with van der Waals surface area (Å²) in [4.78, 5) is 0. The van der Waals surface area contributed by atoms with Gasteiger partial charge in [-0.1, -0.05) is 11.8 Å². The molecule has 1 fully saturated rings. The molecular formula is C11H21N5OS. The molecule has 0 bridgehead atoms. The van der Waals surface area contributed by atoms with Gasteiger partial charge in [0.15, 0.2) is 0 Å². The second-order valence-corrected chi connectivity index (χ2v) is 6.39. The van der Waals surface area contributed by atoms with E-state index in [-0.39, 0.29) is 0 Å². The van der Waals surface area contributed by atoms with E-state index in [1.165, 1.54) is 12.8 Å². The van der Waals surface area contributed by atoms with Crippen molar-refractivity contribution >= 4 is 11.8 Å². The molecule has 0 amide bonds. The fraction of sp³-hybridized carbons (Fsp3) is 0.909. The molecule has 18 heavy (non-hydrogen) atoms. The van der Waals surface area contributed by atoms with Gasteiger partial charge in [0.05, 0.1) is 12.1 Å². The van der Waals surface area contributed by atoms with Crippen molar-refractivity contribution in [3.63, 3.8) is 0 Å². The van der Waals surface area contributed by atoms with Crippen LogP contribution in [0.5, 0.6) is 0 Å². The highest BCUT2D eigenvalue weighted by Crippen LogP contribution is 2.20. The molecule has 1 aromatic rings. The van der Waals surface area contributed by atoms with Gasteiger partial charge in [-0.3, -0.25) is 0 Å². The topological polar surface area (TPSA) is 75.9 Å². The van der Waals surface area contributed by atoms with Crippen molar-refractivity contribution < 1.29 is 5.11 Å². The minimum absolute atomic E-state index is 0.626. The number of aromatic nitrogens is 4. The summed E-state index contributed by atoms with van der Waals surface area (Å²) in [5, 5.41) is 25.6. The van der Waals surface area contributed by atoms with Crippen LogP contribution in [0.4, 0.5) is 0 Å². The van der Waals surface area contributed by atoms with Crippen molar-refractivity contribution in [3.8, 4) is 0 Å². The first-order valence-electron chi connectivity index (χ1n) is 6.39. The van der Waals surface area contributed by atoms with Gasteiger partial charge in [-0.05, 0) is 43.5 Å². The Balaban J connectivity index is 1.72. The zero-order valence-corrected chi connectivity index (χ0v) is 11.8. The van der Waals surface area contributed by atoms with Gasteiger partial charge in [0.25, 0.3) is 0 Å². The third kappa shape index (κ3) is 4.91. The highest BCUT2D eigenvalue weighted by molar-refractivity contribution is 7.99. The molecule has 1 aromatic heterocycles. The van der Waals surface area contributed by atoms with E-state index in [4.69, 9.17) is 0 Å². The Bertz CT molecular complexity index is 372. The fourth-order valence-electron chi connectivity index (χ4n) is 1.49. The number of hydrogen-bond acceptors (Lipinski definition) is 6. The molecule has 0 spiro atoms. The van der Waals surface area contributed by atoms with Crippen LogP contribution in [0.15, 0.2) is 5.16 Å². The van der Waals surface area contributed by atoms with Crippen molar-refractivity contribution in [3.05, 3.63) is 0 Å². The summed E-state index contributed by atoms with van der Waals surface area (Å²) in [5.74, 6) is 0.819. The first-order valence-corrected chi connectivity index (χ1v) is 7.38. The van der Waals surface area contributed by atoms with Crippen molar-refractivity contribution in [2.24, 2.45) is 0 Å². The third-order valence-electron chi connectivity index (χ3n) is 2.78. The monoisotopic (exact) mass is 271 g/mol. The highest BCUT2D eigenvalue weighted by Gasteiger charge is 2.20. The van der Waals surface area contributed by atoms with Crippen LogP contribution in [0, 0.1) is 0 Å². The van der Waals surface area contributed by atoms with E-state index in [1.54, 1.807) is 11.8 Å². The summed E-state index contributed by atoms with van der Waals surface area (Å²) in [6.07, 6.45) is 3.32. The normalized spacial score (nSPS) is 16.2. The number of nitrogens with one attached hydrogen (secondary N) is 1. The molecule has 0 saturated heterocycles. The zero-order chi connectivity index (χ0) is 13.0. The van der Waals surface area contributed by atoms with E-state index in [1.807, 2.05) is 18.5 Å². The molecular weight excluding hydrogens is 250 g/mol. The van der Waals surface area contributed by atoms with Crippen molar-refractivity contribution in [2.45, 2.75) is 56.5 Å². The highest BCUT2D eigenvalue weighted by atomic mass is 32.2. The fourth-order valence-corrected chi connectivity index (χ4v) is 2.65. The van der Waals surface area contributed by atoms with Crippen LogP contribution in [-0.2, 0) is 6.54 Å². The van der Waals surface area contributed by atoms with Gasteiger partial charge in [-0.25, -0.2) is 4.68 Å². The largest absolute Gasteiger partial charge is 0.390 e. The van der Waals surface area contributed by atoms with Crippen molar-refractivity contribution in [2.75, 3.05) is 12.3 Å². The summed E-state index contributed by atoms with van der Waals surface area (Å²) in [6.45, 7) is 5.34. The summed E-state index contributed by atoms with van der Waals surface area (Å²) in [7, 11) is 0. The van der Waals surface area contributed by atoms with Gasteiger partial charge >= 0.3 is 0 Å². The van der Waals surface area contributed by atoms with E-state index < -0.39 is 5.60 Å². The Morgan fingerprint density at radius 3 is 2.94 bits per heavy atom. The second-order valence-electron chi connectivity index (χ2n) is 5.32. The Kier molecular flexibility index (Phi) is 4.58. The molecule has 1 aliphatic rings. The molecule has 1 saturated carbocycles. The summed E-state index contributed by atoms with van der Waals surface area (Å²) in [6, 6.07) is 0.716. The van der Waals surface area contributed by atoms with Crippen LogP contribution in [-0.4, -0.2) is 49.3 Å². The molecule has 2 N–H and O–H groups in total. The Hall–Kier alpha value is -0.660. The average Bonchev–Trinajstić information content (AvgIpc) is 2.98. The molecule has 7 heteroatoms. The SMILES string of the molecule is CC(C)(O)CCSc1nnnn1CCNC1CC1.